The van der Waals surface area contributed by atoms with Gasteiger partial charge in [0.1, 0.15) is 0 Å². The fourth-order valence-electron chi connectivity index (χ4n) is 2.05. The van der Waals surface area contributed by atoms with Gasteiger partial charge in [-0.3, -0.25) is 0 Å². The van der Waals surface area contributed by atoms with Crippen LogP contribution < -0.4 is 0 Å². The third-order valence-electron chi connectivity index (χ3n) is 4.22. The maximum absolute atomic E-state index is 13.5. The van der Waals surface area contributed by atoms with Crippen LogP contribution in [-0.4, -0.2) is 65.2 Å². The van der Waals surface area contributed by atoms with Crippen molar-refractivity contribution < 1.29 is 92.2 Å². The van der Waals surface area contributed by atoms with Crippen LogP contribution in [0.1, 0.15) is 12.8 Å². The zero-order valence-electron chi connectivity index (χ0n) is 15.5. The molecule has 0 bridgehead atoms. The molecular weight excluding hydrogens is 587 g/mol. The van der Waals surface area contributed by atoms with Crippen LogP contribution in [0.5, 0.6) is 0 Å². The summed E-state index contributed by atoms with van der Waals surface area (Å²) in [5, 5.41) is 0. The Morgan fingerprint density at radius 1 is 0.343 bits per heavy atom. The predicted octanol–water partition coefficient (Wildman–Crippen LogP) is 7.98. The van der Waals surface area contributed by atoms with Crippen molar-refractivity contribution in [2.45, 2.75) is 72.3 Å². The van der Waals surface area contributed by atoms with Gasteiger partial charge >= 0.3 is 59.5 Å². The van der Waals surface area contributed by atoms with Crippen molar-refractivity contribution in [1.82, 2.24) is 0 Å². The SMILES string of the molecule is FC(F)(F)C(F)(F)C(F)(F)C(F)(F)C(F)(F)C(F)(F)C(F)(F)C(F)(F)C(F)(F)C(F)(F)CCCS. The summed E-state index contributed by atoms with van der Waals surface area (Å²) in [4.78, 5) is 0. The van der Waals surface area contributed by atoms with Gasteiger partial charge in [-0.05, 0) is 12.2 Å². The number of hydrogen-bond acceptors (Lipinski definition) is 1. The molecule has 0 radical (unpaired) electrons. The number of rotatable bonds is 11. The lowest BCUT2D eigenvalue weighted by atomic mass is 9.85. The highest BCUT2D eigenvalue weighted by molar-refractivity contribution is 7.80. The lowest BCUT2D eigenvalue weighted by Crippen LogP contribution is -2.76. The van der Waals surface area contributed by atoms with Crippen LogP contribution in [0.2, 0.25) is 0 Å². The summed E-state index contributed by atoms with van der Waals surface area (Å²) < 4.78 is 274. The van der Waals surface area contributed by atoms with Crippen molar-refractivity contribution in [2.24, 2.45) is 0 Å². The monoisotopic (exact) mass is 594 g/mol. The van der Waals surface area contributed by atoms with Crippen molar-refractivity contribution in [2.75, 3.05) is 5.75 Å². The van der Waals surface area contributed by atoms with Gasteiger partial charge in [0.15, 0.2) is 0 Å². The van der Waals surface area contributed by atoms with E-state index in [1.807, 2.05) is 0 Å². The van der Waals surface area contributed by atoms with E-state index < -0.39 is 78.1 Å². The van der Waals surface area contributed by atoms with Crippen LogP contribution in [0.25, 0.3) is 0 Å². The molecular formula is C13H7F21S. The molecule has 0 amide bonds. The minimum absolute atomic E-state index is 0.892. The maximum Gasteiger partial charge on any atom is 0.460 e. The Balaban J connectivity index is 6.97. The van der Waals surface area contributed by atoms with Gasteiger partial charge in [-0.15, -0.1) is 0 Å². The van der Waals surface area contributed by atoms with E-state index in [-0.39, 0.29) is 0 Å². The normalized spacial score (nSPS) is 16.6. The van der Waals surface area contributed by atoms with Gasteiger partial charge in [0.2, 0.25) is 0 Å². The fourth-order valence-corrected chi connectivity index (χ4v) is 2.21. The van der Waals surface area contributed by atoms with Crippen LogP contribution in [0.4, 0.5) is 92.2 Å². The Morgan fingerprint density at radius 2 is 0.571 bits per heavy atom. The van der Waals surface area contributed by atoms with Gasteiger partial charge in [-0.2, -0.15) is 105 Å². The Bertz CT molecular complexity index is 747. The lowest BCUT2D eigenvalue weighted by Gasteiger charge is -2.44. The molecule has 0 N–H and O–H groups in total. The molecule has 35 heavy (non-hydrogen) atoms. The summed E-state index contributed by atoms with van der Waals surface area (Å²) in [5.41, 5.74) is 0. The van der Waals surface area contributed by atoms with E-state index in [0.29, 0.717) is 0 Å². The summed E-state index contributed by atoms with van der Waals surface area (Å²) in [6.45, 7) is 0. The summed E-state index contributed by atoms with van der Waals surface area (Å²) in [7, 11) is 0. The molecule has 0 aliphatic rings. The highest BCUT2D eigenvalue weighted by atomic mass is 32.1. The molecule has 212 valence electrons. The Morgan fingerprint density at radius 3 is 0.800 bits per heavy atom. The van der Waals surface area contributed by atoms with E-state index in [4.69, 9.17) is 0 Å². The molecule has 0 unspecified atom stereocenters. The second-order valence-electron chi connectivity index (χ2n) is 6.62. The van der Waals surface area contributed by atoms with Crippen molar-refractivity contribution >= 4 is 12.6 Å². The Labute approximate surface area is 184 Å². The molecule has 0 aromatic heterocycles. The first-order chi connectivity index (χ1) is 14.8. The average molecular weight is 594 g/mol. The Hall–Kier alpha value is -1.12. The molecule has 0 aromatic rings. The molecule has 0 heterocycles. The minimum atomic E-state index is -9.14. The smallest absolute Gasteiger partial charge is 0.200 e. The van der Waals surface area contributed by atoms with Gasteiger partial charge in [-0.1, -0.05) is 0 Å². The van der Waals surface area contributed by atoms with Crippen LogP contribution >= 0.6 is 12.6 Å². The first-order valence-corrected chi connectivity index (χ1v) is 8.52. The molecule has 0 fully saturated rings. The van der Waals surface area contributed by atoms with E-state index in [1.54, 1.807) is 0 Å². The van der Waals surface area contributed by atoms with E-state index in [9.17, 15) is 92.2 Å². The van der Waals surface area contributed by atoms with E-state index in [1.165, 1.54) is 0 Å². The van der Waals surface area contributed by atoms with Crippen LogP contribution in [-0.2, 0) is 0 Å². The van der Waals surface area contributed by atoms with Crippen LogP contribution in [0.15, 0.2) is 0 Å². The molecule has 0 saturated carbocycles. The zero-order valence-corrected chi connectivity index (χ0v) is 16.4. The standard InChI is InChI=1S/C13H7F21S/c14-4(15,2-1-3-35)5(16,17)6(18,19)7(20,21)8(22,23)9(24,25)10(26,27)11(28,29)12(30,31)13(32,33)34/h35H,1-3H2. The molecule has 0 spiro atoms. The van der Waals surface area contributed by atoms with Gasteiger partial charge in [0.05, 0.1) is 0 Å². The van der Waals surface area contributed by atoms with Crippen molar-refractivity contribution in [3.8, 4) is 0 Å². The largest absolute Gasteiger partial charge is 0.460 e. The fraction of sp³-hybridized carbons (Fsp3) is 1.00. The first-order valence-electron chi connectivity index (χ1n) is 7.89. The number of halogens is 21. The Kier molecular flexibility index (Phi) is 8.45. The highest BCUT2D eigenvalue weighted by Gasteiger charge is 2.97. The number of hydrogen-bond donors (Lipinski definition) is 1. The average Bonchev–Trinajstić information content (AvgIpc) is 2.64. The molecule has 0 aromatic carbocycles. The predicted molar refractivity (Wildman–Crippen MR) is 73.7 cm³/mol. The summed E-state index contributed by atoms with van der Waals surface area (Å²) >= 11 is 3.11. The molecule has 0 saturated heterocycles. The van der Waals surface area contributed by atoms with Crippen molar-refractivity contribution in [1.29, 1.82) is 0 Å². The number of alkyl halides is 21. The quantitative estimate of drug-likeness (QED) is 0.182. The van der Waals surface area contributed by atoms with Gasteiger partial charge in [0.25, 0.3) is 0 Å². The third kappa shape index (κ3) is 4.35. The number of thiol groups is 1. The molecule has 0 atom stereocenters. The van der Waals surface area contributed by atoms with Gasteiger partial charge in [0, 0.05) is 6.42 Å². The molecule has 0 aliphatic heterocycles. The van der Waals surface area contributed by atoms with Gasteiger partial charge < -0.3 is 0 Å². The summed E-state index contributed by atoms with van der Waals surface area (Å²) in [6.07, 6.45) is -12.0. The highest BCUT2D eigenvalue weighted by Crippen LogP contribution is 2.66. The zero-order chi connectivity index (χ0) is 29.1. The topological polar surface area (TPSA) is 0 Å². The summed E-state index contributed by atoms with van der Waals surface area (Å²) in [6, 6.07) is 0. The van der Waals surface area contributed by atoms with Crippen molar-refractivity contribution in [3.63, 3.8) is 0 Å². The van der Waals surface area contributed by atoms with E-state index >= 15 is 0 Å². The summed E-state index contributed by atoms with van der Waals surface area (Å²) in [5.74, 6) is -77.3. The lowest BCUT2D eigenvalue weighted by molar-refractivity contribution is -0.474. The molecule has 0 rings (SSSR count). The second kappa shape index (κ2) is 8.73. The van der Waals surface area contributed by atoms with Crippen LogP contribution in [0.3, 0.4) is 0 Å². The maximum atomic E-state index is 13.5. The van der Waals surface area contributed by atoms with E-state index in [0.717, 1.165) is 0 Å². The third-order valence-corrected chi connectivity index (χ3v) is 4.54. The molecule has 0 aliphatic carbocycles. The van der Waals surface area contributed by atoms with Crippen molar-refractivity contribution in [3.05, 3.63) is 0 Å². The van der Waals surface area contributed by atoms with E-state index in [2.05, 4.69) is 12.6 Å². The minimum Gasteiger partial charge on any atom is -0.200 e. The van der Waals surface area contributed by atoms with Crippen LogP contribution in [0, 0.1) is 0 Å². The first kappa shape index (κ1) is 33.9. The molecule has 0 nitrogen and oxygen atoms in total. The second-order valence-corrected chi connectivity index (χ2v) is 7.07. The molecule has 22 heteroatoms. The van der Waals surface area contributed by atoms with Gasteiger partial charge in [-0.25, -0.2) is 0 Å².